The SMILES string of the molecule is CCOC(=O)C(=O)C(CCc1ccc(OC)cc1)C(=O)OCC.CCOC(=O)C(=O)OCC.CCOC(=O)CCCc1ccc(OC)cc1.COc1ccc(C(=O)CCC(=O)O)cc1.COc1ccc(CCCC(=O)C(=O)O)cc1.COc1ccc(CCCC(=O)O)cc1.COc1ccccc1.O=C1CCC(=O)O1.[CH3-].[Cl][Al]([Cl])[Cl].[N-]=[N+]=NCl.[Pd]. The van der Waals surface area contributed by atoms with Crippen molar-refractivity contribution in [1.82, 2.24) is 0 Å². The van der Waals surface area contributed by atoms with Crippen LogP contribution in [0.15, 0.2) is 156 Å². The van der Waals surface area contributed by atoms with Crippen LogP contribution < -0.4 is 28.4 Å². The summed E-state index contributed by atoms with van der Waals surface area (Å²) in [7, 11) is 24.5. The fraction of sp³-hybridized carbons (Fsp3) is 0.390. The number of carbonyl (C=O) groups is 13. The van der Waals surface area contributed by atoms with E-state index in [0.717, 1.165) is 64.7 Å². The van der Waals surface area contributed by atoms with Crippen molar-refractivity contribution in [3.8, 4) is 34.5 Å². The molecule has 31 nitrogen and oxygen atoms in total. The summed E-state index contributed by atoms with van der Waals surface area (Å²) >= 11 is 2.67. The van der Waals surface area contributed by atoms with Crippen LogP contribution in [0.25, 0.3) is 10.4 Å². The van der Waals surface area contributed by atoms with Gasteiger partial charge in [-0.05, 0) is 210 Å². The number of aryl methyl sites for hydroxylation is 4. The van der Waals surface area contributed by atoms with Gasteiger partial charge in [0.2, 0.25) is 5.78 Å². The van der Waals surface area contributed by atoms with Gasteiger partial charge in [0.1, 0.15) is 40.4 Å². The van der Waals surface area contributed by atoms with E-state index < -0.39 is 82.6 Å². The maximum Gasteiger partial charge on any atom is 0.643 e. The van der Waals surface area contributed by atoms with Crippen molar-refractivity contribution >= 4 is 130 Å². The zero-order valence-electron chi connectivity index (χ0n) is 68.4. The predicted molar refractivity (Wildman–Crippen MR) is 443 cm³/mol. The Balaban J connectivity index is -0.000000417. The molecule has 1 heterocycles. The third-order valence-corrected chi connectivity index (χ3v) is 14.4. The summed E-state index contributed by atoms with van der Waals surface area (Å²) < 4.78 is 59.6. The van der Waals surface area contributed by atoms with E-state index >= 15 is 0 Å². The second-order valence-electron chi connectivity index (χ2n) is 22.6. The normalized spacial score (nSPS) is 10.1. The number of esters is 7. The number of nitrogens with zero attached hydrogens (tertiary/aromatic N) is 3. The number of hydrogen-bond donors (Lipinski definition) is 3. The Morgan fingerprint density at radius 3 is 1.05 bits per heavy atom. The van der Waals surface area contributed by atoms with Crippen LogP contribution in [0.1, 0.15) is 138 Å². The summed E-state index contributed by atoms with van der Waals surface area (Å²) in [6.07, 6.45) is 6.31. The molecule has 3 N–H and O–H groups in total. The van der Waals surface area contributed by atoms with E-state index in [1.807, 2.05) is 122 Å². The summed E-state index contributed by atoms with van der Waals surface area (Å²) in [5, 5.41) is 25.3. The molecule has 1 aliphatic rings. The molecule has 1 aliphatic heterocycles. The largest absolute Gasteiger partial charge is 0.643 e. The van der Waals surface area contributed by atoms with Gasteiger partial charge in [0.25, 0.3) is 5.78 Å². The molecule has 7 rings (SSSR count). The molecule has 0 aliphatic carbocycles. The van der Waals surface area contributed by atoms with E-state index in [-0.39, 0.29) is 111 Å². The van der Waals surface area contributed by atoms with Gasteiger partial charge in [-0.3, -0.25) is 43.2 Å². The van der Waals surface area contributed by atoms with Gasteiger partial charge in [0.15, 0.2) is 5.78 Å². The molecule has 1 atom stereocenters. The Bertz CT molecular complexity index is 3870. The third kappa shape index (κ3) is 64.4. The van der Waals surface area contributed by atoms with Crippen LogP contribution in [-0.4, -0.2) is 179 Å². The molecular weight excluding hydrogens is 1750 g/mol. The van der Waals surface area contributed by atoms with Crippen molar-refractivity contribution < 1.29 is 155 Å². The number of Topliss-reactive ketones (excluding diaryl/α,β-unsaturated/α-hetero) is 3. The van der Waals surface area contributed by atoms with E-state index in [2.05, 4.69) is 40.3 Å². The Morgan fingerprint density at radius 1 is 0.445 bits per heavy atom. The third-order valence-electron chi connectivity index (χ3n) is 14.3. The van der Waals surface area contributed by atoms with Crippen LogP contribution >= 0.6 is 41.9 Å². The predicted octanol–water partition coefficient (Wildman–Crippen LogP) is 15.3. The smallest absolute Gasteiger partial charge is 0.497 e. The maximum atomic E-state index is 12.1. The van der Waals surface area contributed by atoms with Gasteiger partial charge in [-0.15, -0.1) is 0 Å². The Hall–Kier alpha value is -10.3. The average molecular weight is 1860 g/mol. The molecule has 0 amide bonds. The number of methoxy groups -OCH3 is 6. The van der Waals surface area contributed by atoms with Crippen LogP contribution in [0.2, 0.25) is 0 Å². The summed E-state index contributed by atoms with van der Waals surface area (Å²) in [6.45, 7) is 9.38. The number of hydrogen-bond acceptors (Lipinski definition) is 26. The first-order valence-corrected chi connectivity index (χ1v) is 41.6. The van der Waals surface area contributed by atoms with Crippen LogP contribution in [0.4, 0.5) is 0 Å². The minimum Gasteiger partial charge on any atom is -0.497 e. The molecule has 0 spiro atoms. The molecule has 0 bridgehead atoms. The molecule has 1 fully saturated rings. The van der Waals surface area contributed by atoms with Gasteiger partial charge in [-0.2, -0.15) is 0 Å². The van der Waals surface area contributed by atoms with Crippen molar-refractivity contribution in [2.75, 3.05) is 75.7 Å². The minimum atomic E-state index is -1.72. The number of benzene rings is 6. The number of carboxylic acids is 3. The van der Waals surface area contributed by atoms with Gasteiger partial charge >= 0.3 is 71.1 Å². The molecule has 6 aromatic carbocycles. The first-order valence-electron chi connectivity index (χ1n) is 36.0. The quantitative estimate of drug-likeness (QED) is 0.00323. The van der Waals surface area contributed by atoms with Crippen LogP contribution in [0.3, 0.4) is 0 Å². The fourth-order valence-electron chi connectivity index (χ4n) is 8.61. The van der Waals surface area contributed by atoms with Crippen molar-refractivity contribution in [2.45, 2.75) is 131 Å². The summed E-state index contributed by atoms with van der Waals surface area (Å²) in [5.41, 5.74) is 12.1. The first kappa shape index (κ1) is 117. The van der Waals surface area contributed by atoms with Crippen LogP contribution in [0, 0.1) is 13.3 Å². The molecule has 0 saturated carbocycles. The van der Waals surface area contributed by atoms with Gasteiger partial charge in [-0.25, -0.2) is 49.3 Å². The van der Waals surface area contributed by atoms with Crippen LogP contribution in [0.5, 0.6) is 34.5 Å². The fourth-order valence-corrected chi connectivity index (χ4v) is 8.61. The van der Waals surface area contributed by atoms with Gasteiger partial charge < -0.3 is 79.6 Å². The van der Waals surface area contributed by atoms with Crippen molar-refractivity contribution in [1.29, 1.82) is 0 Å². The Morgan fingerprint density at radius 2 is 0.756 bits per heavy atom. The number of aliphatic carboxylic acids is 3. The number of azide groups is 1. The second kappa shape index (κ2) is 76.4. The molecule has 0 radical (unpaired) electrons. The number of cyclic esters (lactones) is 2. The number of para-hydroxylation sites is 1. The summed E-state index contributed by atoms with van der Waals surface area (Å²) in [6, 6.07) is 46.6. The number of carboxylic acid groups (broad SMARTS) is 3. The van der Waals surface area contributed by atoms with Crippen molar-refractivity contribution in [3.63, 3.8) is 0 Å². The second-order valence-corrected chi connectivity index (χ2v) is 29.2. The van der Waals surface area contributed by atoms with Crippen molar-refractivity contribution in [3.05, 3.63) is 197 Å². The minimum absolute atomic E-state index is 0. The maximum absolute atomic E-state index is 12.1. The molecule has 0 aromatic heterocycles. The molecule has 1 saturated heterocycles. The standard InChI is InChI=1S/C17H22O6.C13H18O3.C12H14O4.C11H12O4.C11H14O3.C7H8O.C6H10O4.C4H4O3.CH3.Al.ClN3.3ClH.Pd/c1-4-22-16(19)14(15(18)17(20)23-5-2)11-8-12-6-9-13(21-3)10-7-12;1-3-16-13(14)6-4-5-11-7-9-12(15-2)10-8-11;1-16-10-7-5-9(6-8-10)3-2-4-11(13)12(14)15;1-15-9-4-2-8(3-5-9)10(12)6-7-11(13)14;1-14-10-7-5-9(6-8-10)3-2-4-11(12)13;1-8-7-5-3-2-4-6-7;1-3-9-5(7)6(8)10-4-2;5-3-1-2-4(6)7-3;;;1-3-4-2;;;;/h6-7,9-10,14H,4-5,8,11H2,1-3H3;7-10H,3-6H2,1-2H3;5-8H,2-4H2,1H3,(H,14,15);2-5H,6-7H2,1H3,(H,13,14);5-8H,2-4H2,1H3,(H,12,13);2-6H,1H3;3-4H2,1-2H3;1-2H2;1H3;;;3*1H;/q;;;;;;;;-1;+3;;;;;/p-3. The van der Waals surface area contributed by atoms with E-state index in [9.17, 15) is 62.3 Å². The molecular formula is C82H105AlCl4N3O28Pd-. The summed E-state index contributed by atoms with van der Waals surface area (Å²) in [4.78, 5) is 143. The molecule has 658 valence electrons. The number of carbonyl (C=O) groups excluding carboxylic acids is 10. The average Bonchev–Trinajstić information content (AvgIpc) is 1.02. The topological polar surface area (TPSA) is 442 Å². The van der Waals surface area contributed by atoms with Gasteiger partial charge in [0, 0.05) is 61.2 Å². The molecule has 119 heavy (non-hydrogen) atoms. The number of halogens is 4. The summed E-state index contributed by atoms with van der Waals surface area (Å²) in [5.74, 6) is -5.64. The van der Waals surface area contributed by atoms with Crippen LogP contribution in [-0.2, 0) is 132 Å². The van der Waals surface area contributed by atoms with Crippen molar-refractivity contribution in [2.24, 2.45) is 10.6 Å². The first-order chi connectivity index (χ1) is 55.8. The molecule has 6 aromatic rings. The van der Waals surface area contributed by atoms with E-state index in [0.29, 0.717) is 50.0 Å². The van der Waals surface area contributed by atoms with E-state index in [1.165, 1.54) is 5.56 Å². The Labute approximate surface area is 729 Å². The van der Waals surface area contributed by atoms with Gasteiger partial charge in [0.05, 0.1) is 95.0 Å². The molecule has 37 heteroatoms. The monoisotopic (exact) mass is 1850 g/mol. The number of ether oxygens (including phenoxy) is 12. The zero-order chi connectivity index (χ0) is 88.7. The number of ketones is 3. The molecule has 1 unspecified atom stereocenters. The number of rotatable bonds is 34. The van der Waals surface area contributed by atoms with E-state index in [4.69, 9.17) is 88.9 Å². The van der Waals surface area contributed by atoms with Gasteiger partial charge in [-0.1, -0.05) is 66.7 Å². The zero-order valence-corrected chi connectivity index (χ0v) is 74.2. The van der Waals surface area contributed by atoms with E-state index in [1.54, 1.807) is 107 Å². The Kier molecular flexibility index (Phi) is 75.2.